The van der Waals surface area contributed by atoms with Crippen LogP contribution in [0.2, 0.25) is 0 Å². The van der Waals surface area contributed by atoms with Crippen LogP contribution >= 0.6 is 0 Å². The molecule has 4 rings (SSSR count). The first-order valence-electron chi connectivity index (χ1n) is 7.93. The number of nitrogens with zero attached hydrogens (tertiary/aromatic N) is 4. The predicted octanol–water partition coefficient (Wildman–Crippen LogP) is 2.35. The van der Waals surface area contributed by atoms with Gasteiger partial charge in [0.05, 0.1) is 30.3 Å². The van der Waals surface area contributed by atoms with Gasteiger partial charge in [0.25, 0.3) is 11.8 Å². The van der Waals surface area contributed by atoms with Gasteiger partial charge in [-0.2, -0.15) is 10.1 Å². The van der Waals surface area contributed by atoms with Crippen LogP contribution in [0, 0.1) is 0 Å². The van der Waals surface area contributed by atoms with Crippen molar-refractivity contribution in [2.45, 2.75) is 38.8 Å². The summed E-state index contributed by atoms with van der Waals surface area (Å²) in [7, 11) is 0. The lowest BCUT2D eigenvalue weighted by molar-refractivity contribution is 0.0948. The van der Waals surface area contributed by atoms with E-state index in [1.165, 1.54) is 6.26 Å². The van der Waals surface area contributed by atoms with Crippen LogP contribution in [0.15, 0.2) is 33.5 Å². The average molecular weight is 327 g/mol. The van der Waals surface area contributed by atoms with E-state index in [0.29, 0.717) is 29.1 Å². The van der Waals surface area contributed by atoms with Gasteiger partial charge < -0.3 is 14.3 Å². The quantitative estimate of drug-likeness (QED) is 0.789. The van der Waals surface area contributed by atoms with Crippen LogP contribution in [-0.2, 0) is 13.0 Å². The molecule has 1 aliphatic heterocycles. The number of aromatic nitrogens is 4. The Kier molecular flexibility index (Phi) is 3.64. The summed E-state index contributed by atoms with van der Waals surface area (Å²) < 4.78 is 12.3. The number of amides is 1. The molecular weight excluding hydrogens is 310 g/mol. The summed E-state index contributed by atoms with van der Waals surface area (Å²) in [5, 5.41) is 11.0. The van der Waals surface area contributed by atoms with Crippen molar-refractivity contribution in [3.63, 3.8) is 0 Å². The van der Waals surface area contributed by atoms with Crippen LogP contribution < -0.4 is 5.32 Å². The Balaban J connectivity index is 1.44. The summed E-state index contributed by atoms with van der Waals surface area (Å²) in [6, 6.07) is 3.81. The fourth-order valence-corrected chi connectivity index (χ4v) is 2.97. The van der Waals surface area contributed by atoms with Gasteiger partial charge in [0.1, 0.15) is 0 Å². The Morgan fingerprint density at radius 3 is 3.25 bits per heavy atom. The first-order valence-corrected chi connectivity index (χ1v) is 7.93. The van der Waals surface area contributed by atoms with E-state index < -0.39 is 0 Å². The number of nitrogens with one attached hydrogen (secondary N) is 1. The molecule has 0 aliphatic carbocycles. The minimum atomic E-state index is -0.172. The van der Waals surface area contributed by atoms with Gasteiger partial charge in [-0.05, 0) is 38.3 Å². The van der Waals surface area contributed by atoms with E-state index in [1.54, 1.807) is 18.3 Å². The third kappa shape index (κ3) is 2.60. The highest BCUT2D eigenvalue weighted by Gasteiger charge is 2.23. The molecule has 3 aromatic rings. The van der Waals surface area contributed by atoms with Crippen LogP contribution in [0.4, 0.5) is 0 Å². The van der Waals surface area contributed by atoms with Gasteiger partial charge in [-0.25, -0.2) is 0 Å². The summed E-state index contributed by atoms with van der Waals surface area (Å²) >= 11 is 0. The van der Waals surface area contributed by atoms with E-state index in [2.05, 4.69) is 27.5 Å². The summed E-state index contributed by atoms with van der Waals surface area (Å²) in [5.41, 5.74) is 1.62. The maximum absolute atomic E-state index is 12.4. The lowest BCUT2D eigenvalue weighted by Crippen LogP contribution is -2.25. The van der Waals surface area contributed by atoms with E-state index in [1.807, 2.05) is 4.68 Å². The number of rotatable bonds is 4. The molecule has 0 saturated heterocycles. The van der Waals surface area contributed by atoms with Crippen LogP contribution in [0.25, 0.3) is 11.7 Å². The lowest BCUT2D eigenvalue weighted by Gasteiger charge is -2.21. The summed E-state index contributed by atoms with van der Waals surface area (Å²) in [6.45, 7) is 2.30. The largest absolute Gasteiger partial charge is 0.459 e. The molecule has 8 nitrogen and oxygen atoms in total. The standard InChI is InChI=1S/C16H17N5O3/c1-10-4-2-5-12-11(8-18-21(10)12)15(22)17-9-14-19-16(24-20-14)13-6-3-7-23-13/h3,6-8,10H,2,4-5,9H2,1H3,(H,17,22). The molecule has 1 aliphatic rings. The Morgan fingerprint density at radius 1 is 1.50 bits per heavy atom. The van der Waals surface area contributed by atoms with Crippen LogP contribution in [0.5, 0.6) is 0 Å². The molecule has 0 fully saturated rings. The zero-order chi connectivity index (χ0) is 16.5. The molecule has 0 spiro atoms. The van der Waals surface area contributed by atoms with Gasteiger partial charge in [0.2, 0.25) is 0 Å². The van der Waals surface area contributed by atoms with Crippen molar-refractivity contribution in [1.29, 1.82) is 0 Å². The Morgan fingerprint density at radius 2 is 2.42 bits per heavy atom. The van der Waals surface area contributed by atoms with E-state index in [9.17, 15) is 4.79 Å². The number of carbonyl (C=O) groups excluding carboxylic acids is 1. The smallest absolute Gasteiger partial charge is 0.293 e. The normalized spacial score (nSPS) is 16.8. The van der Waals surface area contributed by atoms with Crippen molar-refractivity contribution >= 4 is 5.91 Å². The van der Waals surface area contributed by atoms with Gasteiger partial charge in [-0.15, -0.1) is 0 Å². The van der Waals surface area contributed by atoms with Gasteiger partial charge >= 0.3 is 0 Å². The number of fused-ring (bicyclic) bond motifs is 1. The van der Waals surface area contributed by atoms with Gasteiger partial charge in [0, 0.05) is 6.04 Å². The first-order chi connectivity index (χ1) is 11.7. The average Bonchev–Trinajstić information content (AvgIpc) is 3.31. The minimum Gasteiger partial charge on any atom is -0.459 e. The molecule has 8 heteroatoms. The third-order valence-electron chi connectivity index (χ3n) is 4.20. The Hall–Kier alpha value is -2.90. The SMILES string of the molecule is CC1CCCc2c(C(=O)NCc3noc(-c4ccco4)n3)cnn21. The number of hydrogen-bond acceptors (Lipinski definition) is 6. The molecule has 0 saturated carbocycles. The van der Waals surface area contributed by atoms with Crippen LogP contribution in [0.1, 0.15) is 47.7 Å². The molecule has 3 aromatic heterocycles. The number of furan rings is 1. The van der Waals surface area contributed by atoms with E-state index >= 15 is 0 Å². The van der Waals surface area contributed by atoms with Crippen LogP contribution in [0.3, 0.4) is 0 Å². The fourth-order valence-electron chi connectivity index (χ4n) is 2.97. The molecule has 1 unspecified atom stereocenters. The number of carbonyl (C=O) groups is 1. The highest BCUT2D eigenvalue weighted by molar-refractivity contribution is 5.95. The van der Waals surface area contributed by atoms with E-state index in [0.717, 1.165) is 25.0 Å². The highest BCUT2D eigenvalue weighted by Crippen LogP contribution is 2.25. The van der Waals surface area contributed by atoms with Crippen molar-refractivity contribution in [2.75, 3.05) is 0 Å². The second-order valence-corrected chi connectivity index (χ2v) is 5.87. The fraction of sp³-hybridized carbons (Fsp3) is 0.375. The van der Waals surface area contributed by atoms with E-state index in [4.69, 9.17) is 8.94 Å². The van der Waals surface area contributed by atoms with E-state index in [-0.39, 0.29) is 12.5 Å². The molecule has 4 heterocycles. The van der Waals surface area contributed by atoms with Gasteiger partial charge in [0.15, 0.2) is 11.6 Å². The Bertz CT molecular complexity index is 849. The lowest BCUT2D eigenvalue weighted by atomic mass is 10.0. The second-order valence-electron chi connectivity index (χ2n) is 5.87. The molecule has 0 aromatic carbocycles. The van der Waals surface area contributed by atoms with Crippen molar-refractivity contribution in [1.82, 2.24) is 25.2 Å². The second kappa shape index (κ2) is 5.95. The highest BCUT2D eigenvalue weighted by atomic mass is 16.5. The maximum atomic E-state index is 12.4. The Labute approximate surface area is 137 Å². The zero-order valence-corrected chi connectivity index (χ0v) is 13.2. The summed E-state index contributed by atoms with van der Waals surface area (Å²) in [5.74, 6) is 1.01. The van der Waals surface area contributed by atoms with Crippen molar-refractivity contribution in [3.05, 3.63) is 41.7 Å². The molecule has 0 bridgehead atoms. The minimum absolute atomic E-state index is 0.172. The zero-order valence-electron chi connectivity index (χ0n) is 13.2. The monoisotopic (exact) mass is 327 g/mol. The number of hydrogen-bond donors (Lipinski definition) is 1. The summed E-state index contributed by atoms with van der Waals surface area (Å²) in [4.78, 5) is 16.6. The van der Waals surface area contributed by atoms with Gasteiger partial charge in [-0.3, -0.25) is 9.48 Å². The molecule has 1 amide bonds. The van der Waals surface area contributed by atoms with Crippen molar-refractivity contribution in [3.8, 4) is 11.7 Å². The van der Waals surface area contributed by atoms with Gasteiger partial charge in [-0.1, -0.05) is 5.16 Å². The third-order valence-corrected chi connectivity index (χ3v) is 4.20. The van der Waals surface area contributed by atoms with Crippen molar-refractivity contribution < 1.29 is 13.7 Å². The maximum Gasteiger partial charge on any atom is 0.293 e. The molecule has 124 valence electrons. The first kappa shape index (κ1) is 14.7. The predicted molar refractivity (Wildman–Crippen MR) is 83.0 cm³/mol. The molecule has 1 atom stereocenters. The molecular formula is C16H17N5O3. The summed E-state index contributed by atoms with van der Waals surface area (Å²) in [6.07, 6.45) is 6.21. The van der Waals surface area contributed by atoms with Crippen LogP contribution in [-0.4, -0.2) is 25.8 Å². The van der Waals surface area contributed by atoms with Crippen molar-refractivity contribution in [2.24, 2.45) is 0 Å². The topological polar surface area (TPSA) is 99.0 Å². The molecule has 0 radical (unpaired) electrons. The molecule has 24 heavy (non-hydrogen) atoms. The molecule has 1 N–H and O–H groups in total.